The van der Waals surface area contributed by atoms with E-state index in [2.05, 4.69) is 9.69 Å². The van der Waals surface area contributed by atoms with Crippen molar-refractivity contribution in [1.29, 1.82) is 0 Å². The second-order valence-electron chi connectivity index (χ2n) is 3.08. The van der Waals surface area contributed by atoms with Crippen LogP contribution in [0.2, 0.25) is 0 Å². The molecule has 13 heavy (non-hydrogen) atoms. The van der Waals surface area contributed by atoms with Gasteiger partial charge in [0.1, 0.15) is 6.04 Å². The first kappa shape index (κ1) is 8.65. The van der Waals surface area contributed by atoms with E-state index in [0.29, 0.717) is 0 Å². The van der Waals surface area contributed by atoms with Crippen LogP contribution in [0, 0.1) is 6.92 Å². The van der Waals surface area contributed by atoms with Crippen molar-refractivity contribution in [2.45, 2.75) is 19.4 Å². The monoisotopic (exact) mass is 198 g/mol. The fourth-order valence-electron chi connectivity index (χ4n) is 1.62. The molecule has 2 rings (SSSR count). The Hall–Kier alpha value is -0.940. The molecule has 1 unspecified atom stereocenters. The van der Waals surface area contributed by atoms with Crippen LogP contribution in [0.1, 0.15) is 22.2 Å². The SMILES string of the molecule is Cc1nsc2c1C(C(=O)O)NCC2. The van der Waals surface area contributed by atoms with E-state index < -0.39 is 12.0 Å². The molecule has 2 N–H and O–H groups in total. The zero-order chi connectivity index (χ0) is 9.42. The van der Waals surface area contributed by atoms with Crippen molar-refractivity contribution in [2.75, 3.05) is 6.54 Å². The Morgan fingerprint density at radius 2 is 2.54 bits per heavy atom. The average molecular weight is 198 g/mol. The first-order valence-electron chi connectivity index (χ1n) is 4.11. The molecule has 1 aliphatic rings. The maximum atomic E-state index is 10.9. The first-order chi connectivity index (χ1) is 6.20. The molecular weight excluding hydrogens is 188 g/mol. The maximum Gasteiger partial charge on any atom is 0.325 e. The molecule has 2 heterocycles. The smallest absolute Gasteiger partial charge is 0.325 e. The van der Waals surface area contributed by atoms with Gasteiger partial charge in [0.15, 0.2) is 0 Å². The molecular formula is C8H10N2O2S. The van der Waals surface area contributed by atoms with Crippen LogP contribution in [0.5, 0.6) is 0 Å². The predicted molar refractivity (Wildman–Crippen MR) is 48.9 cm³/mol. The molecule has 1 atom stereocenters. The number of rotatable bonds is 1. The lowest BCUT2D eigenvalue weighted by atomic mass is 10.0. The number of aromatic nitrogens is 1. The highest BCUT2D eigenvalue weighted by atomic mass is 32.1. The molecule has 0 spiro atoms. The van der Waals surface area contributed by atoms with E-state index in [9.17, 15) is 4.79 Å². The third-order valence-electron chi connectivity index (χ3n) is 2.22. The summed E-state index contributed by atoms with van der Waals surface area (Å²) in [4.78, 5) is 12.0. The minimum Gasteiger partial charge on any atom is -0.480 e. The molecule has 0 fully saturated rings. The van der Waals surface area contributed by atoms with Gasteiger partial charge in [-0.05, 0) is 24.9 Å². The van der Waals surface area contributed by atoms with Crippen LogP contribution in [0.3, 0.4) is 0 Å². The number of nitrogens with one attached hydrogen (secondary N) is 1. The Bertz CT molecular complexity index is 348. The lowest BCUT2D eigenvalue weighted by Crippen LogP contribution is -2.34. The van der Waals surface area contributed by atoms with Gasteiger partial charge in [-0.2, -0.15) is 4.37 Å². The highest BCUT2D eigenvalue weighted by Crippen LogP contribution is 2.28. The van der Waals surface area contributed by atoms with Gasteiger partial charge in [-0.25, -0.2) is 0 Å². The first-order valence-corrected chi connectivity index (χ1v) is 4.88. The van der Waals surface area contributed by atoms with E-state index in [4.69, 9.17) is 5.11 Å². The molecule has 0 saturated heterocycles. The van der Waals surface area contributed by atoms with Gasteiger partial charge in [0, 0.05) is 17.0 Å². The minimum absolute atomic E-state index is 0.553. The predicted octanol–water partition coefficient (Wildman–Crippen LogP) is 0.723. The summed E-state index contributed by atoms with van der Waals surface area (Å²) < 4.78 is 4.17. The van der Waals surface area contributed by atoms with Gasteiger partial charge in [0.05, 0.1) is 5.69 Å². The molecule has 0 amide bonds. The summed E-state index contributed by atoms with van der Waals surface area (Å²) in [6.45, 7) is 2.59. The molecule has 0 radical (unpaired) electrons. The average Bonchev–Trinajstić information content (AvgIpc) is 2.48. The molecule has 1 aromatic heterocycles. The van der Waals surface area contributed by atoms with Crippen LogP contribution >= 0.6 is 11.5 Å². The number of carboxylic acid groups (broad SMARTS) is 1. The van der Waals surface area contributed by atoms with Crippen LogP contribution in [-0.4, -0.2) is 22.0 Å². The fourth-order valence-corrected chi connectivity index (χ4v) is 2.52. The van der Waals surface area contributed by atoms with Gasteiger partial charge in [0.2, 0.25) is 0 Å². The number of aryl methyl sites for hydroxylation is 1. The van der Waals surface area contributed by atoms with Crippen molar-refractivity contribution in [3.63, 3.8) is 0 Å². The topological polar surface area (TPSA) is 62.2 Å². The minimum atomic E-state index is -0.816. The zero-order valence-electron chi connectivity index (χ0n) is 7.20. The van der Waals surface area contributed by atoms with E-state index in [-0.39, 0.29) is 0 Å². The Morgan fingerprint density at radius 1 is 1.77 bits per heavy atom. The van der Waals surface area contributed by atoms with E-state index in [1.54, 1.807) is 0 Å². The summed E-state index contributed by atoms with van der Waals surface area (Å²) in [5.41, 5.74) is 1.73. The highest BCUT2D eigenvalue weighted by molar-refractivity contribution is 7.06. The third kappa shape index (κ3) is 1.34. The van der Waals surface area contributed by atoms with Gasteiger partial charge in [-0.3, -0.25) is 4.79 Å². The largest absolute Gasteiger partial charge is 0.480 e. The number of fused-ring (bicyclic) bond motifs is 1. The molecule has 1 aliphatic heterocycles. The molecule has 5 heteroatoms. The van der Waals surface area contributed by atoms with Crippen molar-refractivity contribution in [1.82, 2.24) is 9.69 Å². The van der Waals surface area contributed by atoms with Crippen LogP contribution in [0.15, 0.2) is 0 Å². The van der Waals surface area contributed by atoms with Gasteiger partial charge in [0.25, 0.3) is 0 Å². The summed E-state index contributed by atoms with van der Waals surface area (Å²) in [5.74, 6) is -0.816. The number of nitrogens with zero attached hydrogens (tertiary/aromatic N) is 1. The summed E-state index contributed by atoms with van der Waals surface area (Å²) >= 11 is 1.42. The summed E-state index contributed by atoms with van der Waals surface area (Å²) in [7, 11) is 0. The maximum absolute atomic E-state index is 10.9. The molecule has 0 aromatic carbocycles. The van der Waals surface area contributed by atoms with Gasteiger partial charge in [-0.1, -0.05) is 0 Å². The Labute approximate surface area is 79.8 Å². The standard InChI is InChI=1S/C8H10N2O2S/c1-4-6-5(13-10-4)2-3-9-7(6)8(11)12/h7,9H,2-3H2,1H3,(H,11,12). The van der Waals surface area contributed by atoms with Gasteiger partial charge in [-0.15, -0.1) is 0 Å². The molecule has 4 nitrogen and oxygen atoms in total. The van der Waals surface area contributed by atoms with E-state index in [1.165, 1.54) is 11.5 Å². The Morgan fingerprint density at radius 3 is 3.23 bits per heavy atom. The molecule has 0 bridgehead atoms. The molecule has 0 saturated carbocycles. The summed E-state index contributed by atoms with van der Waals surface area (Å²) in [6, 6.07) is -0.553. The second kappa shape index (κ2) is 3.08. The van der Waals surface area contributed by atoms with Gasteiger partial charge < -0.3 is 10.4 Å². The zero-order valence-corrected chi connectivity index (χ0v) is 8.02. The van der Waals surface area contributed by atoms with Crippen LogP contribution < -0.4 is 5.32 Å². The lowest BCUT2D eigenvalue weighted by Gasteiger charge is -2.20. The van der Waals surface area contributed by atoms with E-state index in [1.807, 2.05) is 6.92 Å². The van der Waals surface area contributed by atoms with Crippen molar-refractivity contribution < 1.29 is 9.90 Å². The Kier molecular flexibility index (Phi) is 2.05. The third-order valence-corrected chi connectivity index (χ3v) is 3.23. The van der Waals surface area contributed by atoms with Crippen LogP contribution in [0.4, 0.5) is 0 Å². The van der Waals surface area contributed by atoms with Crippen molar-refractivity contribution in [3.8, 4) is 0 Å². The number of aliphatic carboxylic acids is 1. The normalized spacial score (nSPS) is 21.2. The van der Waals surface area contributed by atoms with Crippen molar-refractivity contribution in [2.24, 2.45) is 0 Å². The molecule has 0 aliphatic carbocycles. The number of carboxylic acids is 1. The summed E-state index contributed by atoms with van der Waals surface area (Å²) in [5, 5.41) is 11.9. The van der Waals surface area contributed by atoms with Crippen LogP contribution in [-0.2, 0) is 11.2 Å². The number of hydrogen-bond acceptors (Lipinski definition) is 4. The summed E-state index contributed by atoms with van der Waals surface area (Å²) in [6.07, 6.45) is 0.893. The van der Waals surface area contributed by atoms with Crippen molar-refractivity contribution in [3.05, 3.63) is 16.1 Å². The highest BCUT2D eigenvalue weighted by Gasteiger charge is 2.29. The molecule has 70 valence electrons. The second-order valence-corrected chi connectivity index (χ2v) is 3.94. The fraction of sp³-hybridized carbons (Fsp3) is 0.500. The number of hydrogen-bond donors (Lipinski definition) is 2. The van der Waals surface area contributed by atoms with E-state index >= 15 is 0 Å². The van der Waals surface area contributed by atoms with Crippen LogP contribution in [0.25, 0.3) is 0 Å². The van der Waals surface area contributed by atoms with E-state index in [0.717, 1.165) is 29.1 Å². The van der Waals surface area contributed by atoms with Crippen molar-refractivity contribution >= 4 is 17.5 Å². The quantitative estimate of drug-likeness (QED) is 0.698. The van der Waals surface area contributed by atoms with Gasteiger partial charge >= 0.3 is 5.97 Å². The number of carbonyl (C=O) groups is 1. The molecule has 1 aromatic rings. The lowest BCUT2D eigenvalue weighted by molar-refractivity contribution is -0.139. The Balaban J connectivity index is 2.46.